The number of carboxylic acids is 2. The van der Waals surface area contributed by atoms with Crippen LogP contribution in [0.15, 0.2) is 24.3 Å². The Morgan fingerprint density at radius 2 is 1.33 bits per heavy atom. The molecule has 10 nitrogen and oxygen atoms in total. The molecule has 1 aromatic rings. The fourth-order valence-electron chi connectivity index (χ4n) is 1.66. The molecule has 0 saturated carbocycles. The third-order valence-electron chi connectivity index (χ3n) is 4.24. The summed E-state index contributed by atoms with van der Waals surface area (Å²) in [7, 11) is 5.55. The summed E-state index contributed by atoms with van der Waals surface area (Å²) in [4.78, 5) is 30.7. The maximum atomic E-state index is 10.6. The van der Waals surface area contributed by atoms with Gasteiger partial charge < -0.3 is 44.1 Å². The largest absolute Gasteiger partial charge is 0.508 e. The normalized spacial score (nSPS) is 12.0. The number of phenolic OH excluding ortho intramolecular Hbond substituents is 1. The third kappa shape index (κ3) is 29.2. The molecule has 2 atom stereocenters. The second-order valence-corrected chi connectivity index (χ2v) is 16.6. The number of hydrogen-bond acceptors (Lipinski definition) is 14. The molecule has 0 saturated heterocycles. The van der Waals surface area contributed by atoms with Crippen LogP contribution in [0, 0.1) is 7.43 Å². The molecule has 0 bridgehead atoms. The molecule has 0 aromatic heterocycles. The molecular weight excluding hydrogens is 738 g/mol. The zero-order chi connectivity index (χ0) is 32.2. The van der Waals surface area contributed by atoms with E-state index in [0.29, 0.717) is 17.0 Å². The monoisotopic (exact) mass is 784 g/mol. The smallest absolute Gasteiger partial charge is 0.321 e. The molecule has 0 aliphatic heterocycles. The number of carbonyl (C=O) groups is 3. The van der Waals surface area contributed by atoms with E-state index in [1.165, 1.54) is 21.6 Å². The molecule has 8 N–H and O–H groups in total. The van der Waals surface area contributed by atoms with Gasteiger partial charge in [0.25, 0.3) is 6.47 Å². The van der Waals surface area contributed by atoms with Crippen LogP contribution in [0.4, 0.5) is 0 Å². The van der Waals surface area contributed by atoms with Crippen LogP contribution < -0.4 is 11.5 Å². The van der Waals surface area contributed by atoms with Gasteiger partial charge in [0.05, 0.1) is 6.61 Å². The van der Waals surface area contributed by atoms with Gasteiger partial charge in [0.2, 0.25) is 0 Å². The second-order valence-electron chi connectivity index (χ2n) is 9.84. The Morgan fingerprint density at radius 1 is 0.929 bits per heavy atom. The Hall–Kier alpha value is 0.514. The van der Waals surface area contributed by atoms with Crippen molar-refractivity contribution in [2.45, 2.75) is 81.4 Å². The van der Waals surface area contributed by atoms with Gasteiger partial charge in [-0.15, -0.1) is 23.3 Å². The number of aliphatic hydroxyl groups excluding tert-OH is 1. The van der Waals surface area contributed by atoms with Crippen molar-refractivity contribution in [1.82, 2.24) is 0 Å². The number of ether oxygens (including phenoxy) is 1. The number of nitrogens with two attached hydrogens (primary N) is 2. The molecule has 17 heteroatoms. The first-order chi connectivity index (χ1) is 18.2. The van der Waals surface area contributed by atoms with Crippen LogP contribution in [0.1, 0.15) is 54.0 Å². The Balaban J connectivity index is -0.000000147. The van der Waals surface area contributed by atoms with Crippen LogP contribution in [0.5, 0.6) is 5.75 Å². The molecule has 2 unspecified atom stereocenters. The zero-order valence-electron chi connectivity index (χ0n) is 25.3. The van der Waals surface area contributed by atoms with Gasteiger partial charge in [-0.3, -0.25) is 14.4 Å². The van der Waals surface area contributed by atoms with Crippen molar-refractivity contribution in [2.24, 2.45) is 11.5 Å². The summed E-state index contributed by atoms with van der Waals surface area (Å²) in [5, 5.41) is 34.6. The minimum absolute atomic E-state index is 0. The minimum Gasteiger partial charge on any atom is -0.508 e. The Labute approximate surface area is 302 Å². The molecule has 0 aliphatic carbocycles. The van der Waals surface area contributed by atoms with Crippen LogP contribution in [0.3, 0.4) is 0 Å². The summed E-state index contributed by atoms with van der Waals surface area (Å²) in [6, 6.07) is 4.73. The van der Waals surface area contributed by atoms with E-state index < -0.39 is 33.5 Å². The van der Waals surface area contributed by atoms with Gasteiger partial charge >= 0.3 is 11.9 Å². The van der Waals surface area contributed by atoms with Crippen LogP contribution in [0.25, 0.3) is 0 Å². The van der Waals surface area contributed by atoms with Crippen molar-refractivity contribution in [3.8, 4) is 5.75 Å². The van der Waals surface area contributed by atoms with Gasteiger partial charge in [0.15, 0.2) is 0 Å². The van der Waals surface area contributed by atoms with Crippen molar-refractivity contribution in [3.63, 3.8) is 0 Å². The molecule has 0 spiro atoms. The number of aliphatic hydroxyl groups is 1. The molecule has 1 aromatic carbocycles. The van der Waals surface area contributed by atoms with Crippen LogP contribution in [-0.2, 0) is 58.4 Å². The van der Waals surface area contributed by atoms with E-state index in [1.54, 1.807) is 62.8 Å². The average Bonchev–Trinajstić information content (AvgIpc) is 2.88. The first-order valence-corrected chi connectivity index (χ1v) is 17.6. The number of carboxylic acid groups (broad SMARTS) is 2. The summed E-state index contributed by atoms with van der Waals surface area (Å²) < 4.78 is 3.78. The van der Waals surface area contributed by atoms with Gasteiger partial charge in [-0.05, 0) is 45.4 Å². The van der Waals surface area contributed by atoms with E-state index in [2.05, 4.69) is 48.8 Å². The van der Waals surface area contributed by atoms with Gasteiger partial charge in [-0.2, -0.15) is 0 Å². The van der Waals surface area contributed by atoms with Crippen molar-refractivity contribution >= 4 is 84.9 Å². The number of rotatable bonds is 12. The van der Waals surface area contributed by atoms with Gasteiger partial charge in [-0.1, -0.05) is 76.1 Å². The van der Waals surface area contributed by atoms with Crippen LogP contribution in [0.2, 0.25) is 0 Å². The summed E-state index contributed by atoms with van der Waals surface area (Å²) in [5.41, 5.74) is 11.7. The van der Waals surface area contributed by atoms with E-state index in [4.69, 9.17) is 31.9 Å². The van der Waals surface area contributed by atoms with Crippen LogP contribution in [-0.4, -0.2) is 77.5 Å². The predicted molar refractivity (Wildman–Crippen MR) is 185 cm³/mol. The fraction of sp³-hybridized carbons (Fsp3) is 0.600. The molecular formula is C25H47N2O8S6Y-. The van der Waals surface area contributed by atoms with Crippen LogP contribution >= 0.6 is 66.5 Å². The molecule has 0 amide bonds. The van der Waals surface area contributed by atoms with E-state index >= 15 is 0 Å². The minimum atomic E-state index is -0.998. The van der Waals surface area contributed by atoms with Crippen molar-refractivity contribution in [1.29, 1.82) is 0 Å². The van der Waals surface area contributed by atoms with E-state index in [-0.39, 0.29) is 59.1 Å². The van der Waals surface area contributed by atoms with E-state index in [0.717, 1.165) is 16.4 Å². The third-order valence-corrected chi connectivity index (χ3v) is 11.9. The Bertz CT molecular complexity index is 847. The number of thiol groups is 2. The number of aromatic hydroxyl groups is 1. The maximum Gasteiger partial charge on any atom is 0.321 e. The molecule has 1 rings (SSSR count). The first kappa shape index (κ1) is 52.1. The first-order valence-electron chi connectivity index (χ1n) is 11.6. The molecule has 245 valence electrons. The Kier molecular flexibility index (Phi) is 34.5. The fourth-order valence-corrected chi connectivity index (χ4v) is 4.57. The van der Waals surface area contributed by atoms with E-state index in [1.807, 2.05) is 0 Å². The van der Waals surface area contributed by atoms with Crippen molar-refractivity contribution in [3.05, 3.63) is 37.3 Å². The average molecular weight is 785 g/mol. The molecule has 1 radical (unpaired) electrons. The van der Waals surface area contributed by atoms with Gasteiger partial charge in [-0.25, -0.2) is 0 Å². The second kappa shape index (κ2) is 27.8. The summed E-state index contributed by atoms with van der Waals surface area (Å²) in [6.07, 6.45) is 0. The maximum absolute atomic E-state index is 10.6. The molecule has 0 aliphatic rings. The number of carbonyl (C=O) groups excluding carboxylic acids is 1. The predicted octanol–water partition coefficient (Wildman–Crippen LogP) is 5.18. The molecule has 42 heavy (non-hydrogen) atoms. The zero-order valence-corrected chi connectivity index (χ0v) is 33.2. The Morgan fingerprint density at radius 3 is 1.62 bits per heavy atom. The summed E-state index contributed by atoms with van der Waals surface area (Å²) in [6.45, 7) is 14.2. The van der Waals surface area contributed by atoms with E-state index in [9.17, 15) is 14.4 Å². The van der Waals surface area contributed by atoms with Crippen molar-refractivity contribution < 1.29 is 72.3 Å². The van der Waals surface area contributed by atoms with Gasteiger partial charge in [0.1, 0.15) is 24.4 Å². The van der Waals surface area contributed by atoms with Crippen molar-refractivity contribution in [2.75, 3.05) is 12.4 Å². The summed E-state index contributed by atoms with van der Waals surface area (Å²) in [5.74, 6) is -1.20. The molecule has 0 heterocycles. The number of aliphatic carboxylic acids is 2. The summed E-state index contributed by atoms with van der Waals surface area (Å²) >= 11 is 7.93. The number of phenols is 1. The molecule has 0 fully saturated rings. The SMILES string of the molecule is CC(C)(C)SS.CC(C)(SS)C(N)C(=O)O.CC(C)(SSCCO)C(N)C(=O)O.O=COCc1ccc(O)cc1.[CH3-].[Y]. The number of hydrogen-bond donors (Lipinski definition) is 8. The number of benzene rings is 1. The topological polar surface area (TPSA) is 193 Å². The quantitative estimate of drug-likeness (QED) is 0.0455. The van der Waals surface area contributed by atoms with Gasteiger partial charge in [0, 0.05) is 52.7 Å². The standard InChI is InChI=1S/C8H8O3.C7H15NO3S2.C5H11NO2S2.C4H10S2.CH3.Y/c9-6-11-5-7-1-3-8(10)4-2-7;1-7(2,5(8)6(10)11)13-12-4-3-9;1-5(2,10-9)3(6)4(7)8;1-4(2,3)6-5;;/h1-4,6,10H,5H2;5,9H,3-4,8H2,1-2H3,(H,10,11);3,9H,6H2,1-2H3,(H,7,8);5H,1-3H3;1H3;/q;;;;-1;.